The minimum Gasteiger partial charge on any atom is -0.463 e. The van der Waals surface area contributed by atoms with Crippen LogP contribution in [0.5, 0.6) is 0 Å². The van der Waals surface area contributed by atoms with E-state index in [1.165, 1.54) is 103 Å². The molecule has 0 N–H and O–H groups in total. The predicted octanol–water partition coefficient (Wildman–Crippen LogP) is 7.69. The van der Waals surface area contributed by atoms with Gasteiger partial charge in [0.1, 0.15) is 6.61 Å². The summed E-state index contributed by atoms with van der Waals surface area (Å²) in [6, 6.07) is 0. The van der Waals surface area contributed by atoms with E-state index in [9.17, 15) is 4.79 Å². The van der Waals surface area contributed by atoms with E-state index < -0.39 is 0 Å². The van der Waals surface area contributed by atoms with Crippen molar-refractivity contribution in [3.63, 3.8) is 0 Å². The molecule has 1 aliphatic heterocycles. The van der Waals surface area contributed by atoms with Crippen LogP contribution in [0.1, 0.15) is 123 Å². The third-order valence-electron chi connectivity index (χ3n) is 11.2. The number of piperazine rings is 1. The van der Waals surface area contributed by atoms with E-state index in [4.69, 9.17) is 52.1 Å². The van der Waals surface area contributed by atoms with Crippen LogP contribution in [0.4, 0.5) is 0 Å². The van der Waals surface area contributed by atoms with Gasteiger partial charge in [0.05, 0.1) is 159 Å². The second-order valence-electron chi connectivity index (χ2n) is 17.0. The maximum Gasteiger partial charge on any atom is 0.307 e. The van der Waals surface area contributed by atoms with Crippen LogP contribution in [-0.4, -0.2) is 200 Å². The summed E-state index contributed by atoms with van der Waals surface area (Å²) in [5.74, 6) is -0.161. The lowest BCUT2D eigenvalue weighted by Gasteiger charge is -2.42. The third kappa shape index (κ3) is 44.6. The van der Waals surface area contributed by atoms with Gasteiger partial charge in [-0.05, 0) is 38.5 Å². The molecule has 0 atom stereocenters. The van der Waals surface area contributed by atoms with E-state index in [2.05, 4.69) is 37.9 Å². The summed E-state index contributed by atoms with van der Waals surface area (Å²) in [6.45, 7) is 21.8. The molecule has 0 aromatic rings. The van der Waals surface area contributed by atoms with Crippen molar-refractivity contribution in [2.75, 3.05) is 185 Å². The Morgan fingerprint density at radius 1 is 0.422 bits per heavy atom. The maximum absolute atomic E-state index is 12.1. The molecule has 64 heavy (non-hydrogen) atoms. The molecular weight excluding hydrogens is 821 g/mol. The average molecular weight is 920 g/mol. The summed E-state index contributed by atoms with van der Waals surface area (Å²) in [5.41, 5.74) is 0. The zero-order valence-electron chi connectivity index (χ0n) is 41.6. The Hall–Kier alpha value is -1.27. The maximum atomic E-state index is 12.1. The van der Waals surface area contributed by atoms with Crippen molar-refractivity contribution in [1.29, 1.82) is 0 Å². The van der Waals surface area contributed by atoms with Crippen molar-refractivity contribution in [1.82, 2.24) is 4.90 Å². The van der Waals surface area contributed by atoms with Gasteiger partial charge in [-0.15, -0.1) is 0 Å². The first-order valence-electron chi connectivity index (χ1n) is 25.7. The minimum atomic E-state index is -0.161. The van der Waals surface area contributed by atoms with Gasteiger partial charge in [0.2, 0.25) is 0 Å². The largest absolute Gasteiger partial charge is 0.463 e. The standard InChI is InChI=1S/C50H99N2O12/c1-4-6-8-9-10-11-12-13-14-15-16-17-18-19-20-21-29-54-30-31-55-32-33-56-34-35-57-36-37-58-38-39-59-40-41-60-42-43-61-44-45-62-46-47-63-48-49-64-50(53)22-23-51-24-27-52(3,28-25-51)26-7-5-2/h13-14H,4-12,15-49H2,1-3H3/q+1/b14-13-. The highest BCUT2D eigenvalue weighted by molar-refractivity contribution is 5.69. The number of unbranched alkanes of at least 4 members (excludes halogenated alkanes) is 13. The molecule has 1 fully saturated rings. The average Bonchev–Trinajstić information content (AvgIpc) is 3.30. The number of esters is 1. The Labute approximate surface area is 391 Å². The summed E-state index contributed by atoms with van der Waals surface area (Å²) in [7, 11) is 2.35. The third-order valence-corrected chi connectivity index (χ3v) is 11.2. The van der Waals surface area contributed by atoms with Gasteiger partial charge in [0, 0.05) is 26.2 Å². The van der Waals surface area contributed by atoms with Crippen molar-refractivity contribution in [3.8, 4) is 0 Å². The molecule has 0 saturated carbocycles. The van der Waals surface area contributed by atoms with Crippen LogP contribution in [0.25, 0.3) is 0 Å². The van der Waals surface area contributed by atoms with E-state index in [0.29, 0.717) is 132 Å². The van der Waals surface area contributed by atoms with Gasteiger partial charge in [0.15, 0.2) is 0 Å². The fourth-order valence-corrected chi connectivity index (χ4v) is 7.05. The second kappa shape index (κ2) is 49.6. The van der Waals surface area contributed by atoms with E-state index in [0.717, 1.165) is 50.2 Å². The highest BCUT2D eigenvalue weighted by Crippen LogP contribution is 2.13. The first-order valence-corrected chi connectivity index (χ1v) is 25.7. The van der Waals surface area contributed by atoms with Crippen LogP contribution in [0.2, 0.25) is 0 Å². The second-order valence-corrected chi connectivity index (χ2v) is 17.0. The van der Waals surface area contributed by atoms with E-state index in [1.807, 2.05) is 0 Å². The van der Waals surface area contributed by atoms with Gasteiger partial charge < -0.3 is 56.6 Å². The summed E-state index contributed by atoms with van der Waals surface area (Å²) in [6.07, 6.45) is 26.2. The van der Waals surface area contributed by atoms with Crippen molar-refractivity contribution in [2.24, 2.45) is 0 Å². The molecule has 1 rings (SSSR count). The summed E-state index contributed by atoms with van der Waals surface area (Å²) in [5, 5.41) is 0. The van der Waals surface area contributed by atoms with Crippen LogP contribution in [-0.2, 0) is 56.9 Å². The SMILES string of the molecule is CCCCCCCC/C=C\CCCCCCCCOCCOCCOCCOCCOCCOCCOCCOCCOCCOCCOC(=O)CCN1CC[N+](C)(CCCC)CC1. The Morgan fingerprint density at radius 3 is 1.14 bits per heavy atom. The highest BCUT2D eigenvalue weighted by atomic mass is 16.6. The molecule has 1 heterocycles. The van der Waals surface area contributed by atoms with Crippen LogP contribution < -0.4 is 0 Å². The topological polar surface area (TPSA) is 122 Å². The molecule has 14 heteroatoms. The highest BCUT2D eigenvalue weighted by Gasteiger charge is 2.28. The number of hydrogen-bond acceptors (Lipinski definition) is 13. The molecule has 0 radical (unpaired) electrons. The number of hydrogen-bond donors (Lipinski definition) is 0. The van der Waals surface area contributed by atoms with Gasteiger partial charge in [-0.1, -0.05) is 90.2 Å². The first-order chi connectivity index (χ1) is 31.6. The van der Waals surface area contributed by atoms with Crippen LogP contribution in [0.15, 0.2) is 12.2 Å². The number of ether oxygens (including phenoxy) is 11. The predicted molar refractivity (Wildman–Crippen MR) is 255 cm³/mol. The normalized spacial score (nSPS) is 14.3. The Bertz CT molecular complexity index is 973. The lowest BCUT2D eigenvalue weighted by Crippen LogP contribution is -2.57. The molecule has 0 bridgehead atoms. The van der Waals surface area contributed by atoms with Gasteiger partial charge >= 0.3 is 5.97 Å². The Morgan fingerprint density at radius 2 is 0.750 bits per heavy atom. The number of rotatable bonds is 52. The lowest BCUT2D eigenvalue weighted by atomic mass is 10.1. The van der Waals surface area contributed by atoms with Crippen LogP contribution in [0.3, 0.4) is 0 Å². The smallest absolute Gasteiger partial charge is 0.307 e. The van der Waals surface area contributed by atoms with Gasteiger partial charge in [-0.2, -0.15) is 0 Å². The summed E-state index contributed by atoms with van der Waals surface area (Å²) >= 11 is 0. The number of quaternary nitrogens is 1. The van der Waals surface area contributed by atoms with Gasteiger partial charge in [0.25, 0.3) is 0 Å². The van der Waals surface area contributed by atoms with Gasteiger partial charge in [-0.3, -0.25) is 9.69 Å². The zero-order chi connectivity index (χ0) is 46.0. The minimum absolute atomic E-state index is 0.161. The van der Waals surface area contributed by atoms with Crippen LogP contribution in [0, 0.1) is 0 Å². The van der Waals surface area contributed by atoms with Crippen molar-refractivity contribution in [3.05, 3.63) is 12.2 Å². The molecular formula is C50H99N2O12+. The summed E-state index contributed by atoms with van der Waals surface area (Å²) in [4.78, 5) is 14.5. The Balaban J connectivity index is 1.64. The van der Waals surface area contributed by atoms with Gasteiger partial charge in [-0.25, -0.2) is 0 Å². The number of carbonyl (C=O) groups excluding carboxylic acids is 1. The Kier molecular flexibility index (Phi) is 47.1. The van der Waals surface area contributed by atoms with Crippen molar-refractivity contribution < 1.29 is 61.4 Å². The van der Waals surface area contributed by atoms with Crippen LogP contribution >= 0.6 is 0 Å². The monoisotopic (exact) mass is 920 g/mol. The zero-order valence-corrected chi connectivity index (χ0v) is 41.6. The molecule has 0 unspecified atom stereocenters. The summed E-state index contributed by atoms with van der Waals surface area (Å²) < 4.78 is 62.0. The number of carbonyl (C=O) groups is 1. The van der Waals surface area contributed by atoms with E-state index in [-0.39, 0.29) is 12.6 Å². The van der Waals surface area contributed by atoms with E-state index in [1.54, 1.807) is 0 Å². The first kappa shape index (κ1) is 60.7. The number of likely N-dealkylation sites (N-methyl/N-ethyl adjacent to an activating group) is 1. The van der Waals surface area contributed by atoms with E-state index >= 15 is 0 Å². The lowest BCUT2D eigenvalue weighted by molar-refractivity contribution is -0.913. The fourth-order valence-electron chi connectivity index (χ4n) is 7.05. The molecule has 0 aromatic heterocycles. The molecule has 380 valence electrons. The number of nitrogens with zero attached hydrogens (tertiary/aromatic N) is 2. The molecule has 0 amide bonds. The molecule has 14 nitrogen and oxygen atoms in total. The van der Waals surface area contributed by atoms with Crippen molar-refractivity contribution >= 4 is 5.97 Å². The number of allylic oxidation sites excluding steroid dienone is 2. The molecule has 0 aromatic carbocycles. The molecule has 1 aliphatic rings. The molecule has 1 saturated heterocycles. The molecule has 0 spiro atoms. The van der Waals surface area contributed by atoms with Crippen molar-refractivity contribution in [2.45, 2.75) is 123 Å². The molecule has 0 aliphatic carbocycles. The quantitative estimate of drug-likeness (QED) is 0.0257. The fraction of sp³-hybridized carbons (Fsp3) is 0.940.